The van der Waals surface area contributed by atoms with Gasteiger partial charge in [-0.2, -0.15) is 0 Å². The number of aryl methyl sites for hydroxylation is 1. The van der Waals surface area contributed by atoms with E-state index in [4.69, 9.17) is 0 Å². The van der Waals surface area contributed by atoms with Crippen LogP contribution in [0.3, 0.4) is 0 Å². The third kappa shape index (κ3) is 2.26. The first-order valence-corrected chi connectivity index (χ1v) is 5.26. The molecule has 80 valence electrons. The summed E-state index contributed by atoms with van der Waals surface area (Å²) in [6.45, 7) is 4.06. The number of pyridine rings is 1. The highest BCUT2D eigenvalue weighted by molar-refractivity contribution is 5.82. The molecule has 1 aliphatic rings. The molecule has 1 aromatic rings. The normalized spacial score (nSPS) is 16.3. The Morgan fingerprint density at radius 2 is 2.40 bits per heavy atom. The van der Waals surface area contributed by atoms with Crippen LogP contribution in [0, 0.1) is 0 Å². The molecule has 0 radical (unpaired) electrons. The van der Waals surface area contributed by atoms with Crippen LogP contribution < -0.4 is 10.2 Å². The number of aromatic nitrogens is 1. The molecule has 0 aliphatic carbocycles. The van der Waals surface area contributed by atoms with Crippen LogP contribution in [-0.4, -0.2) is 30.5 Å². The summed E-state index contributed by atoms with van der Waals surface area (Å²) < 4.78 is 0. The monoisotopic (exact) mass is 205 g/mol. The fraction of sp³-hybridized carbons (Fsp3) is 0.455. The maximum atomic E-state index is 11.2. The Labute approximate surface area is 89.3 Å². The van der Waals surface area contributed by atoms with Gasteiger partial charge in [0.15, 0.2) is 0 Å². The van der Waals surface area contributed by atoms with Crippen molar-refractivity contribution >= 4 is 11.7 Å². The summed E-state index contributed by atoms with van der Waals surface area (Å²) in [7, 11) is 0. The molecule has 1 fully saturated rings. The molecule has 0 bridgehead atoms. The Morgan fingerprint density at radius 1 is 1.53 bits per heavy atom. The van der Waals surface area contributed by atoms with Crippen molar-refractivity contribution in [2.24, 2.45) is 0 Å². The number of hydrogen-bond donors (Lipinski definition) is 1. The minimum atomic E-state index is 0.0719. The summed E-state index contributed by atoms with van der Waals surface area (Å²) in [6, 6.07) is 4.05. The van der Waals surface area contributed by atoms with E-state index in [1.807, 2.05) is 17.2 Å². The minimum Gasteiger partial charge on any atom is -0.353 e. The van der Waals surface area contributed by atoms with Gasteiger partial charge in [0.1, 0.15) is 5.82 Å². The molecule has 1 aliphatic heterocycles. The molecule has 2 rings (SSSR count). The predicted molar refractivity (Wildman–Crippen MR) is 58.8 cm³/mol. The van der Waals surface area contributed by atoms with Crippen molar-refractivity contribution in [3.63, 3.8) is 0 Å². The second kappa shape index (κ2) is 4.29. The molecule has 0 spiro atoms. The van der Waals surface area contributed by atoms with E-state index in [9.17, 15) is 4.79 Å². The van der Waals surface area contributed by atoms with Gasteiger partial charge in [0.2, 0.25) is 5.91 Å². The zero-order valence-electron chi connectivity index (χ0n) is 8.86. The van der Waals surface area contributed by atoms with Crippen molar-refractivity contribution in [1.29, 1.82) is 0 Å². The second-order valence-electron chi connectivity index (χ2n) is 3.65. The molecule has 0 aromatic carbocycles. The van der Waals surface area contributed by atoms with Crippen LogP contribution in [0.4, 0.5) is 5.82 Å². The first kappa shape index (κ1) is 9.96. The molecule has 4 heteroatoms. The average molecular weight is 205 g/mol. The molecule has 2 heterocycles. The molecule has 1 N–H and O–H groups in total. The highest BCUT2D eigenvalue weighted by Crippen LogP contribution is 2.12. The molecule has 4 nitrogen and oxygen atoms in total. The Balaban J connectivity index is 2.11. The quantitative estimate of drug-likeness (QED) is 0.768. The number of anilines is 1. The predicted octanol–water partition coefficient (Wildman–Crippen LogP) is 0.580. The first-order valence-electron chi connectivity index (χ1n) is 5.26. The number of carbonyl (C=O) groups excluding carboxylic acids is 1. The van der Waals surface area contributed by atoms with E-state index >= 15 is 0 Å². The molecule has 1 aromatic heterocycles. The summed E-state index contributed by atoms with van der Waals surface area (Å²) in [5, 5.41) is 2.80. The van der Waals surface area contributed by atoms with Crippen molar-refractivity contribution < 1.29 is 4.79 Å². The lowest BCUT2D eigenvalue weighted by atomic mass is 10.2. The van der Waals surface area contributed by atoms with E-state index < -0.39 is 0 Å². The van der Waals surface area contributed by atoms with E-state index in [0.717, 1.165) is 18.8 Å². The number of nitrogens with zero attached hydrogens (tertiary/aromatic N) is 2. The topological polar surface area (TPSA) is 45.2 Å². The minimum absolute atomic E-state index is 0.0719. The van der Waals surface area contributed by atoms with Gasteiger partial charge in [-0.05, 0) is 18.1 Å². The molecular formula is C11H15N3O. The molecule has 1 amide bonds. The number of nitrogens with one attached hydrogen (secondary N) is 1. The largest absolute Gasteiger partial charge is 0.353 e. The van der Waals surface area contributed by atoms with Crippen LogP contribution in [0.2, 0.25) is 0 Å². The number of carbonyl (C=O) groups is 1. The third-order valence-electron chi connectivity index (χ3n) is 2.58. The van der Waals surface area contributed by atoms with E-state index in [0.29, 0.717) is 13.1 Å². The molecular weight excluding hydrogens is 190 g/mol. The van der Waals surface area contributed by atoms with Gasteiger partial charge in [0, 0.05) is 19.3 Å². The Kier molecular flexibility index (Phi) is 2.85. The summed E-state index contributed by atoms with van der Waals surface area (Å²) in [6.07, 6.45) is 2.87. The van der Waals surface area contributed by atoms with Crippen molar-refractivity contribution in [3.8, 4) is 0 Å². The van der Waals surface area contributed by atoms with Crippen molar-refractivity contribution in [2.75, 3.05) is 24.5 Å². The fourth-order valence-electron chi connectivity index (χ4n) is 1.65. The van der Waals surface area contributed by atoms with Crippen LogP contribution in [0.1, 0.15) is 12.5 Å². The van der Waals surface area contributed by atoms with Crippen molar-refractivity contribution in [1.82, 2.24) is 10.3 Å². The number of rotatable bonds is 2. The summed E-state index contributed by atoms with van der Waals surface area (Å²) >= 11 is 0. The van der Waals surface area contributed by atoms with E-state index in [-0.39, 0.29) is 5.91 Å². The van der Waals surface area contributed by atoms with Gasteiger partial charge < -0.3 is 10.2 Å². The van der Waals surface area contributed by atoms with E-state index in [1.54, 1.807) is 0 Å². The lowest BCUT2D eigenvalue weighted by molar-refractivity contribution is -0.120. The molecule has 0 unspecified atom stereocenters. The van der Waals surface area contributed by atoms with E-state index in [2.05, 4.69) is 23.3 Å². The lowest BCUT2D eigenvalue weighted by Gasteiger charge is -2.27. The highest BCUT2D eigenvalue weighted by Gasteiger charge is 2.16. The van der Waals surface area contributed by atoms with Gasteiger partial charge in [-0.3, -0.25) is 4.79 Å². The van der Waals surface area contributed by atoms with Gasteiger partial charge >= 0.3 is 0 Å². The number of amides is 1. The first-order chi connectivity index (χ1) is 7.29. The smallest absolute Gasteiger partial charge is 0.239 e. The number of hydrogen-bond acceptors (Lipinski definition) is 3. The second-order valence-corrected chi connectivity index (χ2v) is 3.65. The number of piperazine rings is 1. The SMILES string of the molecule is CCc1ccc(N2CCNC(=O)C2)nc1. The summed E-state index contributed by atoms with van der Waals surface area (Å²) in [4.78, 5) is 17.5. The van der Waals surface area contributed by atoms with Crippen LogP contribution in [0.5, 0.6) is 0 Å². The Bertz CT molecular complexity index is 347. The van der Waals surface area contributed by atoms with Crippen LogP contribution in [0.25, 0.3) is 0 Å². The standard InChI is InChI=1S/C11H15N3O/c1-2-9-3-4-10(13-7-9)14-6-5-12-11(15)8-14/h3-4,7H,2,5-6,8H2,1H3,(H,12,15). The van der Waals surface area contributed by atoms with Crippen LogP contribution in [-0.2, 0) is 11.2 Å². The van der Waals surface area contributed by atoms with Gasteiger partial charge in [-0.15, -0.1) is 0 Å². The summed E-state index contributed by atoms with van der Waals surface area (Å²) in [5.41, 5.74) is 1.22. The maximum absolute atomic E-state index is 11.2. The fourth-order valence-corrected chi connectivity index (χ4v) is 1.65. The maximum Gasteiger partial charge on any atom is 0.239 e. The van der Waals surface area contributed by atoms with Crippen molar-refractivity contribution in [2.45, 2.75) is 13.3 Å². The van der Waals surface area contributed by atoms with Crippen LogP contribution in [0.15, 0.2) is 18.3 Å². The molecule has 0 saturated carbocycles. The van der Waals surface area contributed by atoms with Crippen LogP contribution >= 0.6 is 0 Å². The van der Waals surface area contributed by atoms with E-state index in [1.165, 1.54) is 5.56 Å². The van der Waals surface area contributed by atoms with Crippen molar-refractivity contribution in [3.05, 3.63) is 23.9 Å². The van der Waals surface area contributed by atoms with Gasteiger partial charge in [-0.25, -0.2) is 4.98 Å². The van der Waals surface area contributed by atoms with Gasteiger partial charge in [0.05, 0.1) is 6.54 Å². The Morgan fingerprint density at radius 3 is 3.00 bits per heavy atom. The zero-order chi connectivity index (χ0) is 10.7. The van der Waals surface area contributed by atoms with Gasteiger partial charge in [-0.1, -0.05) is 13.0 Å². The molecule has 15 heavy (non-hydrogen) atoms. The zero-order valence-corrected chi connectivity index (χ0v) is 8.86. The average Bonchev–Trinajstić information content (AvgIpc) is 2.29. The highest BCUT2D eigenvalue weighted by atomic mass is 16.2. The summed E-state index contributed by atoms with van der Waals surface area (Å²) in [5.74, 6) is 0.963. The van der Waals surface area contributed by atoms with Gasteiger partial charge in [0.25, 0.3) is 0 Å². The third-order valence-corrected chi connectivity index (χ3v) is 2.58. The molecule has 1 saturated heterocycles. The Hall–Kier alpha value is -1.58. The molecule has 0 atom stereocenters. The lowest BCUT2D eigenvalue weighted by Crippen LogP contribution is -2.48.